The molecule has 2 bridgehead atoms. The maximum absolute atomic E-state index is 12.6. The molecule has 0 aromatic carbocycles. The molecule has 0 saturated heterocycles. The molecule has 2 aliphatic carbocycles. The first-order valence-electron chi connectivity index (χ1n) is 7.15. The van der Waals surface area contributed by atoms with Gasteiger partial charge in [0.2, 0.25) is 0 Å². The van der Waals surface area contributed by atoms with E-state index in [0.717, 1.165) is 26.1 Å². The van der Waals surface area contributed by atoms with Gasteiger partial charge in [0.05, 0.1) is 0 Å². The summed E-state index contributed by atoms with van der Waals surface area (Å²) in [6, 6.07) is 0. The fourth-order valence-electron chi connectivity index (χ4n) is 4.24. The van der Waals surface area contributed by atoms with Crippen LogP contribution < -0.4 is 0 Å². The maximum Gasteiger partial charge on any atom is 0.143 e. The summed E-state index contributed by atoms with van der Waals surface area (Å²) in [6.07, 6.45) is 2.36. The van der Waals surface area contributed by atoms with Gasteiger partial charge in [-0.05, 0) is 37.3 Å². The van der Waals surface area contributed by atoms with Crippen molar-refractivity contribution in [2.24, 2.45) is 22.7 Å². The lowest BCUT2D eigenvalue weighted by atomic mass is 9.70. The van der Waals surface area contributed by atoms with Gasteiger partial charge in [-0.15, -0.1) is 0 Å². The predicted octanol–water partition coefficient (Wildman–Crippen LogP) is 2.97. The number of hydrogen-bond acceptors (Lipinski definition) is 2. The zero-order valence-electron chi connectivity index (χ0n) is 12.0. The van der Waals surface area contributed by atoms with Crippen molar-refractivity contribution in [3.05, 3.63) is 0 Å². The summed E-state index contributed by atoms with van der Waals surface area (Å²) < 4.78 is 0. The van der Waals surface area contributed by atoms with Crippen LogP contribution in [0.15, 0.2) is 0 Å². The average molecular weight is 237 g/mol. The molecule has 2 saturated carbocycles. The zero-order valence-corrected chi connectivity index (χ0v) is 12.0. The number of hydrogen-bond donors (Lipinski definition) is 0. The molecule has 0 heterocycles. The molecule has 3 atom stereocenters. The van der Waals surface area contributed by atoms with E-state index in [4.69, 9.17) is 0 Å². The molecule has 0 N–H and O–H groups in total. The normalized spacial score (nSPS) is 39.3. The Morgan fingerprint density at radius 2 is 1.82 bits per heavy atom. The smallest absolute Gasteiger partial charge is 0.143 e. The molecule has 2 fully saturated rings. The van der Waals surface area contributed by atoms with Crippen LogP contribution >= 0.6 is 0 Å². The largest absolute Gasteiger partial charge is 0.303 e. The van der Waals surface area contributed by atoms with Gasteiger partial charge in [-0.3, -0.25) is 4.79 Å². The molecule has 0 aromatic rings. The van der Waals surface area contributed by atoms with Gasteiger partial charge in [-0.25, -0.2) is 0 Å². The van der Waals surface area contributed by atoms with Crippen LogP contribution in [0.4, 0.5) is 0 Å². The molecular weight excluding hydrogens is 210 g/mol. The standard InChI is InChI=1S/C15H27NO/c1-6-16(7-2)10-11-12-8-9-15(5,13(11)17)14(12,3)4/h11-12H,6-10H2,1-5H3/t11-,12-,15+/m1/s1. The van der Waals surface area contributed by atoms with E-state index in [0.29, 0.717) is 17.6 Å². The summed E-state index contributed by atoms with van der Waals surface area (Å²) in [5, 5.41) is 0. The average Bonchev–Trinajstić information content (AvgIpc) is 2.59. The Morgan fingerprint density at radius 1 is 1.24 bits per heavy atom. The number of carbonyl (C=O) groups excluding carboxylic acids is 1. The third-order valence-electron chi connectivity index (χ3n) is 6.02. The van der Waals surface area contributed by atoms with Crippen molar-refractivity contribution < 1.29 is 4.79 Å². The van der Waals surface area contributed by atoms with Crippen LogP contribution in [0.1, 0.15) is 47.5 Å². The molecule has 0 aromatic heterocycles. The molecule has 98 valence electrons. The highest BCUT2D eigenvalue weighted by molar-refractivity contribution is 5.91. The first kappa shape index (κ1) is 13.1. The van der Waals surface area contributed by atoms with Crippen LogP contribution in [-0.2, 0) is 4.79 Å². The second-order valence-corrected chi connectivity index (χ2v) is 6.66. The summed E-state index contributed by atoms with van der Waals surface area (Å²) in [5.41, 5.74) is 0.164. The maximum atomic E-state index is 12.6. The van der Waals surface area contributed by atoms with Crippen molar-refractivity contribution in [2.45, 2.75) is 47.5 Å². The fourth-order valence-corrected chi connectivity index (χ4v) is 4.24. The Labute approximate surface area is 106 Å². The lowest BCUT2D eigenvalue weighted by molar-refractivity contribution is -0.132. The molecule has 0 spiro atoms. The Morgan fingerprint density at radius 3 is 2.24 bits per heavy atom. The van der Waals surface area contributed by atoms with Gasteiger partial charge >= 0.3 is 0 Å². The minimum Gasteiger partial charge on any atom is -0.303 e. The number of carbonyl (C=O) groups is 1. The molecule has 2 aliphatic rings. The van der Waals surface area contributed by atoms with E-state index in [1.807, 2.05) is 0 Å². The molecule has 2 nitrogen and oxygen atoms in total. The van der Waals surface area contributed by atoms with Crippen LogP contribution in [0.25, 0.3) is 0 Å². The second kappa shape index (κ2) is 4.08. The van der Waals surface area contributed by atoms with Crippen molar-refractivity contribution >= 4 is 5.78 Å². The van der Waals surface area contributed by atoms with Crippen molar-refractivity contribution in [1.29, 1.82) is 0 Å². The lowest BCUT2D eigenvalue weighted by Gasteiger charge is -2.32. The van der Waals surface area contributed by atoms with Crippen LogP contribution in [0.3, 0.4) is 0 Å². The van der Waals surface area contributed by atoms with E-state index in [1.165, 1.54) is 6.42 Å². The van der Waals surface area contributed by atoms with Crippen molar-refractivity contribution in [3.8, 4) is 0 Å². The SMILES string of the molecule is CCN(CC)C[C@H]1C(=O)[C@]2(C)CC[C@H]1C2(C)C. The number of nitrogens with zero attached hydrogens (tertiary/aromatic N) is 1. The Kier molecular flexibility index (Phi) is 3.14. The van der Waals surface area contributed by atoms with Crippen LogP contribution in [0, 0.1) is 22.7 Å². The topological polar surface area (TPSA) is 20.3 Å². The van der Waals surface area contributed by atoms with E-state index in [-0.39, 0.29) is 10.8 Å². The summed E-state index contributed by atoms with van der Waals surface area (Å²) in [6.45, 7) is 14.3. The van der Waals surface area contributed by atoms with Crippen molar-refractivity contribution in [2.75, 3.05) is 19.6 Å². The third-order valence-corrected chi connectivity index (χ3v) is 6.02. The summed E-state index contributed by atoms with van der Waals surface area (Å²) in [4.78, 5) is 15.1. The van der Waals surface area contributed by atoms with Crippen LogP contribution in [-0.4, -0.2) is 30.3 Å². The van der Waals surface area contributed by atoms with E-state index in [2.05, 4.69) is 39.5 Å². The highest BCUT2D eigenvalue weighted by atomic mass is 16.1. The van der Waals surface area contributed by atoms with E-state index in [1.54, 1.807) is 0 Å². The zero-order chi connectivity index (χ0) is 12.8. The number of rotatable bonds is 4. The quantitative estimate of drug-likeness (QED) is 0.749. The summed E-state index contributed by atoms with van der Waals surface area (Å²) in [5.74, 6) is 1.45. The van der Waals surface area contributed by atoms with E-state index in [9.17, 15) is 4.79 Å². The minimum atomic E-state index is -0.0461. The van der Waals surface area contributed by atoms with Gasteiger partial charge in [0.25, 0.3) is 0 Å². The highest BCUT2D eigenvalue weighted by Gasteiger charge is 2.65. The summed E-state index contributed by atoms with van der Waals surface area (Å²) >= 11 is 0. The van der Waals surface area contributed by atoms with Gasteiger partial charge in [0.15, 0.2) is 0 Å². The van der Waals surface area contributed by atoms with Gasteiger partial charge in [-0.2, -0.15) is 0 Å². The minimum absolute atomic E-state index is 0.0461. The molecule has 0 amide bonds. The summed E-state index contributed by atoms with van der Waals surface area (Å²) in [7, 11) is 0. The Hall–Kier alpha value is -0.370. The number of fused-ring (bicyclic) bond motifs is 2. The van der Waals surface area contributed by atoms with Crippen molar-refractivity contribution in [3.63, 3.8) is 0 Å². The third kappa shape index (κ3) is 1.60. The Balaban J connectivity index is 2.20. The first-order valence-corrected chi connectivity index (χ1v) is 7.15. The second-order valence-electron chi connectivity index (χ2n) is 6.66. The lowest BCUT2D eigenvalue weighted by Crippen LogP contribution is -2.38. The monoisotopic (exact) mass is 237 g/mol. The number of ketones is 1. The van der Waals surface area contributed by atoms with Crippen LogP contribution in [0.5, 0.6) is 0 Å². The molecule has 0 radical (unpaired) electrons. The number of Topliss-reactive ketones (excluding diaryl/α,β-unsaturated/α-hetero) is 1. The van der Waals surface area contributed by atoms with Crippen LogP contribution in [0.2, 0.25) is 0 Å². The van der Waals surface area contributed by atoms with Crippen molar-refractivity contribution in [1.82, 2.24) is 4.90 Å². The fraction of sp³-hybridized carbons (Fsp3) is 0.933. The molecule has 17 heavy (non-hydrogen) atoms. The molecule has 2 rings (SSSR count). The van der Waals surface area contributed by atoms with Gasteiger partial charge < -0.3 is 4.90 Å². The van der Waals surface area contributed by atoms with Gasteiger partial charge in [0, 0.05) is 17.9 Å². The predicted molar refractivity (Wildman–Crippen MR) is 70.9 cm³/mol. The Bertz CT molecular complexity index is 319. The molecule has 0 aliphatic heterocycles. The van der Waals surface area contributed by atoms with E-state index < -0.39 is 0 Å². The highest BCUT2D eigenvalue weighted by Crippen LogP contribution is 2.65. The molecular formula is C15H27NO. The first-order chi connectivity index (χ1) is 7.88. The molecule has 2 heteroatoms. The van der Waals surface area contributed by atoms with Gasteiger partial charge in [0.1, 0.15) is 5.78 Å². The molecule has 0 unspecified atom stereocenters. The van der Waals surface area contributed by atoms with E-state index >= 15 is 0 Å². The van der Waals surface area contributed by atoms with Gasteiger partial charge in [-0.1, -0.05) is 34.6 Å².